The molecular formula is C21H16N4O. The van der Waals surface area contributed by atoms with Gasteiger partial charge in [0, 0.05) is 23.5 Å². The van der Waals surface area contributed by atoms with Gasteiger partial charge in [-0.25, -0.2) is 4.98 Å². The molecule has 0 bridgehead atoms. The zero-order valence-electron chi connectivity index (χ0n) is 14.5. The SMILES string of the molecule is COc1cccc(-c2nnc3c(C#Cc4ccc(C)cc4)nccn23)c1. The number of aromatic nitrogens is 4. The summed E-state index contributed by atoms with van der Waals surface area (Å²) in [7, 11) is 1.64. The summed E-state index contributed by atoms with van der Waals surface area (Å²) in [6.07, 6.45) is 3.54. The van der Waals surface area contributed by atoms with Crippen LogP contribution in [0.5, 0.6) is 5.75 Å². The Morgan fingerprint density at radius 3 is 2.65 bits per heavy atom. The van der Waals surface area contributed by atoms with Crippen molar-refractivity contribution in [3.05, 3.63) is 77.7 Å². The Kier molecular flexibility index (Phi) is 4.08. The summed E-state index contributed by atoms with van der Waals surface area (Å²) in [4.78, 5) is 4.36. The lowest BCUT2D eigenvalue weighted by molar-refractivity contribution is 0.415. The van der Waals surface area contributed by atoms with Crippen molar-refractivity contribution < 1.29 is 4.74 Å². The Labute approximate surface area is 151 Å². The molecule has 0 saturated heterocycles. The number of fused-ring (bicyclic) bond motifs is 1. The number of aryl methyl sites for hydroxylation is 1. The highest BCUT2D eigenvalue weighted by atomic mass is 16.5. The predicted molar refractivity (Wildman–Crippen MR) is 99.9 cm³/mol. The molecule has 4 rings (SSSR count). The van der Waals surface area contributed by atoms with Crippen LogP contribution >= 0.6 is 0 Å². The van der Waals surface area contributed by atoms with E-state index in [4.69, 9.17) is 4.74 Å². The van der Waals surface area contributed by atoms with Gasteiger partial charge in [-0.05, 0) is 37.1 Å². The van der Waals surface area contributed by atoms with Gasteiger partial charge in [0.25, 0.3) is 0 Å². The van der Waals surface area contributed by atoms with E-state index in [1.807, 2.05) is 59.1 Å². The second kappa shape index (κ2) is 6.69. The van der Waals surface area contributed by atoms with E-state index in [-0.39, 0.29) is 0 Å². The van der Waals surface area contributed by atoms with Crippen LogP contribution in [0, 0.1) is 18.8 Å². The average molecular weight is 340 g/mol. The Hall–Kier alpha value is -3.65. The molecule has 2 heterocycles. The van der Waals surface area contributed by atoms with Crippen molar-refractivity contribution in [2.75, 3.05) is 7.11 Å². The molecule has 0 unspecified atom stereocenters. The minimum atomic E-state index is 0.592. The van der Waals surface area contributed by atoms with Crippen molar-refractivity contribution in [2.24, 2.45) is 0 Å². The third kappa shape index (κ3) is 3.01. The summed E-state index contributed by atoms with van der Waals surface area (Å²) in [6.45, 7) is 2.05. The number of hydrogen-bond acceptors (Lipinski definition) is 4. The number of rotatable bonds is 2. The standard InChI is InChI=1S/C21H16N4O/c1-15-6-8-16(9-7-15)10-11-19-21-24-23-20(25(21)13-12-22-19)17-4-3-5-18(14-17)26-2/h3-9,12-14H,1-2H3. The van der Waals surface area contributed by atoms with E-state index in [2.05, 4.69) is 33.9 Å². The van der Waals surface area contributed by atoms with Crippen molar-refractivity contribution in [3.63, 3.8) is 0 Å². The molecule has 2 aromatic carbocycles. The number of hydrogen-bond donors (Lipinski definition) is 0. The number of benzene rings is 2. The molecule has 0 aliphatic heterocycles. The number of nitrogens with zero attached hydrogens (tertiary/aromatic N) is 4. The zero-order chi connectivity index (χ0) is 17.9. The lowest BCUT2D eigenvalue weighted by Gasteiger charge is -2.03. The lowest BCUT2D eigenvalue weighted by atomic mass is 10.1. The molecule has 2 aromatic heterocycles. The Balaban J connectivity index is 1.77. The molecule has 0 saturated carbocycles. The fourth-order valence-electron chi connectivity index (χ4n) is 2.64. The van der Waals surface area contributed by atoms with Crippen LogP contribution in [-0.4, -0.2) is 26.7 Å². The molecule has 0 radical (unpaired) electrons. The predicted octanol–water partition coefficient (Wildman–Crippen LogP) is 3.51. The van der Waals surface area contributed by atoms with E-state index >= 15 is 0 Å². The van der Waals surface area contributed by atoms with Crippen LogP contribution in [0.15, 0.2) is 60.9 Å². The van der Waals surface area contributed by atoms with Crippen molar-refractivity contribution in [1.29, 1.82) is 0 Å². The molecule has 0 amide bonds. The van der Waals surface area contributed by atoms with Crippen LogP contribution in [0.25, 0.3) is 17.0 Å². The molecule has 0 aliphatic carbocycles. The third-order valence-electron chi connectivity index (χ3n) is 4.03. The maximum atomic E-state index is 5.29. The van der Waals surface area contributed by atoms with Gasteiger partial charge in [0.2, 0.25) is 0 Å². The van der Waals surface area contributed by atoms with E-state index in [9.17, 15) is 0 Å². The first-order valence-electron chi connectivity index (χ1n) is 8.17. The normalized spacial score (nSPS) is 10.4. The van der Waals surface area contributed by atoms with Crippen LogP contribution in [0.4, 0.5) is 0 Å². The smallest absolute Gasteiger partial charge is 0.195 e. The van der Waals surface area contributed by atoms with Crippen LogP contribution in [-0.2, 0) is 0 Å². The Morgan fingerprint density at radius 1 is 1.00 bits per heavy atom. The van der Waals surface area contributed by atoms with Crippen LogP contribution in [0.3, 0.4) is 0 Å². The van der Waals surface area contributed by atoms with E-state index in [0.29, 0.717) is 11.3 Å². The van der Waals surface area contributed by atoms with Crippen LogP contribution in [0.1, 0.15) is 16.8 Å². The monoisotopic (exact) mass is 340 g/mol. The molecule has 5 heteroatoms. The first-order chi connectivity index (χ1) is 12.7. The summed E-state index contributed by atoms with van der Waals surface area (Å²) < 4.78 is 7.18. The van der Waals surface area contributed by atoms with E-state index in [0.717, 1.165) is 22.7 Å². The summed E-state index contributed by atoms with van der Waals surface area (Å²) in [6, 6.07) is 15.8. The van der Waals surface area contributed by atoms with Crippen molar-refractivity contribution in [3.8, 4) is 29.0 Å². The van der Waals surface area contributed by atoms with E-state index < -0.39 is 0 Å². The van der Waals surface area contributed by atoms with Gasteiger partial charge in [0.15, 0.2) is 17.2 Å². The fourth-order valence-corrected chi connectivity index (χ4v) is 2.64. The molecule has 0 fully saturated rings. The molecule has 0 spiro atoms. The summed E-state index contributed by atoms with van der Waals surface area (Å²) >= 11 is 0. The van der Waals surface area contributed by atoms with Crippen molar-refractivity contribution in [2.45, 2.75) is 6.92 Å². The van der Waals surface area contributed by atoms with Gasteiger partial charge in [-0.1, -0.05) is 35.7 Å². The first-order valence-corrected chi connectivity index (χ1v) is 8.17. The highest BCUT2D eigenvalue weighted by molar-refractivity contribution is 5.64. The second-order valence-electron chi connectivity index (χ2n) is 5.84. The highest BCUT2D eigenvalue weighted by Gasteiger charge is 2.11. The Morgan fingerprint density at radius 2 is 1.85 bits per heavy atom. The number of ether oxygens (including phenoxy) is 1. The van der Waals surface area contributed by atoms with Gasteiger partial charge < -0.3 is 4.74 Å². The fraction of sp³-hybridized carbons (Fsp3) is 0.0952. The van der Waals surface area contributed by atoms with Gasteiger partial charge in [-0.15, -0.1) is 10.2 Å². The average Bonchev–Trinajstić information content (AvgIpc) is 3.12. The second-order valence-corrected chi connectivity index (χ2v) is 5.84. The van der Waals surface area contributed by atoms with Crippen LogP contribution < -0.4 is 4.74 Å². The highest BCUT2D eigenvalue weighted by Crippen LogP contribution is 2.23. The van der Waals surface area contributed by atoms with Gasteiger partial charge in [0.05, 0.1) is 7.11 Å². The first kappa shape index (κ1) is 15.9. The minimum Gasteiger partial charge on any atom is -0.497 e. The van der Waals surface area contributed by atoms with Crippen molar-refractivity contribution >= 4 is 5.65 Å². The summed E-state index contributed by atoms with van der Waals surface area (Å²) in [5, 5.41) is 8.60. The topological polar surface area (TPSA) is 52.3 Å². The molecule has 26 heavy (non-hydrogen) atoms. The molecule has 0 N–H and O–H groups in total. The van der Waals surface area contributed by atoms with Gasteiger partial charge >= 0.3 is 0 Å². The minimum absolute atomic E-state index is 0.592. The maximum absolute atomic E-state index is 5.29. The van der Waals surface area contributed by atoms with Crippen molar-refractivity contribution in [1.82, 2.24) is 19.6 Å². The van der Waals surface area contributed by atoms with Crippen LogP contribution in [0.2, 0.25) is 0 Å². The summed E-state index contributed by atoms with van der Waals surface area (Å²) in [5.74, 6) is 7.73. The molecule has 0 atom stereocenters. The molecular weight excluding hydrogens is 324 g/mol. The zero-order valence-corrected chi connectivity index (χ0v) is 14.5. The van der Waals surface area contributed by atoms with E-state index in [1.165, 1.54) is 5.56 Å². The molecule has 0 aliphatic rings. The molecule has 5 nitrogen and oxygen atoms in total. The molecule has 126 valence electrons. The van der Waals surface area contributed by atoms with E-state index in [1.54, 1.807) is 13.3 Å². The Bertz CT molecular complexity index is 1130. The molecule has 4 aromatic rings. The maximum Gasteiger partial charge on any atom is 0.195 e. The van der Waals surface area contributed by atoms with Gasteiger partial charge in [-0.2, -0.15) is 0 Å². The summed E-state index contributed by atoms with van der Waals surface area (Å²) in [5.41, 5.74) is 4.28. The largest absolute Gasteiger partial charge is 0.497 e. The quantitative estimate of drug-likeness (QED) is 0.524. The number of methoxy groups -OCH3 is 1. The third-order valence-corrected chi connectivity index (χ3v) is 4.03. The lowest BCUT2D eigenvalue weighted by Crippen LogP contribution is -1.94. The van der Waals surface area contributed by atoms with Gasteiger partial charge in [0.1, 0.15) is 5.75 Å². The van der Waals surface area contributed by atoms with Gasteiger partial charge in [-0.3, -0.25) is 4.40 Å².